The lowest BCUT2D eigenvalue weighted by molar-refractivity contribution is -0.120. The van der Waals surface area contributed by atoms with Gasteiger partial charge in [-0.05, 0) is 43.4 Å². The van der Waals surface area contributed by atoms with Gasteiger partial charge in [-0.25, -0.2) is 0 Å². The topological polar surface area (TPSA) is 46.1 Å². The number of carbonyl (C=O) groups excluding carboxylic acids is 1. The summed E-state index contributed by atoms with van der Waals surface area (Å²) in [7, 11) is 1.69. The first-order valence-electron chi connectivity index (χ1n) is 7.34. The van der Waals surface area contributed by atoms with E-state index < -0.39 is 0 Å². The second-order valence-electron chi connectivity index (χ2n) is 5.33. The van der Waals surface area contributed by atoms with Crippen LogP contribution in [0.2, 0.25) is 0 Å². The van der Waals surface area contributed by atoms with Crippen LogP contribution in [0, 0.1) is 5.92 Å². The molecule has 0 aliphatic heterocycles. The van der Waals surface area contributed by atoms with Crippen LogP contribution in [0.1, 0.15) is 44.2 Å². The van der Waals surface area contributed by atoms with Crippen molar-refractivity contribution in [3.8, 4) is 0 Å². The molecule has 1 fully saturated rings. The molecule has 1 heterocycles. The van der Waals surface area contributed by atoms with Gasteiger partial charge in [0.1, 0.15) is 0 Å². The molecule has 19 heavy (non-hydrogen) atoms. The van der Waals surface area contributed by atoms with E-state index in [2.05, 4.69) is 40.6 Å². The summed E-state index contributed by atoms with van der Waals surface area (Å²) >= 11 is 0. The fraction of sp³-hybridized carbons (Fsp3) is 0.667. The molecule has 1 atom stereocenters. The summed E-state index contributed by atoms with van der Waals surface area (Å²) in [5, 5.41) is 6.24. The molecule has 0 spiro atoms. The first-order chi connectivity index (χ1) is 9.24. The van der Waals surface area contributed by atoms with Crippen molar-refractivity contribution in [1.29, 1.82) is 0 Å². The van der Waals surface area contributed by atoms with Crippen molar-refractivity contribution in [3.05, 3.63) is 24.0 Å². The molecular formula is C15H25N3O. The number of nitrogens with one attached hydrogen (secondary N) is 2. The zero-order chi connectivity index (χ0) is 13.7. The molecule has 4 nitrogen and oxygen atoms in total. The van der Waals surface area contributed by atoms with Gasteiger partial charge in [0.05, 0.1) is 0 Å². The highest BCUT2D eigenvalue weighted by Crippen LogP contribution is 2.40. The maximum atomic E-state index is 11.2. The Kier molecular flexibility index (Phi) is 5.02. The van der Waals surface area contributed by atoms with Gasteiger partial charge in [0.2, 0.25) is 5.91 Å². The van der Waals surface area contributed by atoms with Crippen molar-refractivity contribution in [2.75, 3.05) is 13.6 Å². The van der Waals surface area contributed by atoms with E-state index in [4.69, 9.17) is 0 Å². The second-order valence-corrected chi connectivity index (χ2v) is 5.33. The van der Waals surface area contributed by atoms with Crippen LogP contribution in [0.15, 0.2) is 18.5 Å². The summed E-state index contributed by atoms with van der Waals surface area (Å²) in [5.74, 6) is 0.942. The maximum Gasteiger partial charge on any atom is 0.219 e. The minimum absolute atomic E-state index is 0.121. The molecule has 1 aliphatic rings. The van der Waals surface area contributed by atoms with E-state index in [0.717, 1.165) is 25.4 Å². The molecular weight excluding hydrogens is 238 g/mol. The van der Waals surface area contributed by atoms with Gasteiger partial charge in [0, 0.05) is 38.4 Å². The summed E-state index contributed by atoms with van der Waals surface area (Å²) in [6.45, 7) is 4.09. The standard InChI is InChI=1S/C15H25N3O/c1-3-17-15(12-6-7-12)13-8-10-18(11-13)9-4-5-14(19)16-2/h8,10-12,15,17H,3-7,9H2,1-2H3,(H,16,19). The molecule has 0 radical (unpaired) electrons. The molecule has 2 rings (SSSR count). The Balaban J connectivity index is 1.85. The SMILES string of the molecule is CCNC(c1ccn(CCCC(=O)NC)c1)C1CC1. The molecule has 1 saturated carbocycles. The van der Waals surface area contributed by atoms with E-state index in [1.807, 2.05) is 0 Å². The highest BCUT2D eigenvalue weighted by atomic mass is 16.1. The Hall–Kier alpha value is -1.29. The van der Waals surface area contributed by atoms with Gasteiger partial charge in [-0.2, -0.15) is 0 Å². The lowest BCUT2D eigenvalue weighted by Gasteiger charge is -2.15. The average molecular weight is 263 g/mol. The minimum atomic E-state index is 0.121. The van der Waals surface area contributed by atoms with Gasteiger partial charge in [-0.15, -0.1) is 0 Å². The van der Waals surface area contributed by atoms with Crippen molar-refractivity contribution < 1.29 is 4.79 Å². The summed E-state index contributed by atoms with van der Waals surface area (Å²) in [6, 6.07) is 2.73. The van der Waals surface area contributed by atoms with Crippen molar-refractivity contribution in [1.82, 2.24) is 15.2 Å². The quantitative estimate of drug-likeness (QED) is 0.754. The molecule has 1 unspecified atom stereocenters. The number of nitrogens with zero attached hydrogens (tertiary/aromatic N) is 1. The van der Waals surface area contributed by atoms with Crippen LogP contribution >= 0.6 is 0 Å². The number of rotatable bonds is 8. The largest absolute Gasteiger partial charge is 0.359 e. The summed E-state index contributed by atoms with van der Waals surface area (Å²) in [6.07, 6.45) is 8.55. The smallest absolute Gasteiger partial charge is 0.219 e. The van der Waals surface area contributed by atoms with E-state index >= 15 is 0 Å². The Labute approximate surface area is 115 Å². The highest BCUT2D eigenvalue weighted by Gasteiger charge is 2.31. The molecule has 1 aromatic heterocycles. The van der Waals surface area contributed by atoms with Gasteiger partial charge in [-0.1, -0.05) is 6.92 Å². The number of hydrogen-bond acceptors (Lipinski definition) is 2. The Bertz CT molecular complexity index is 409. The van der Waals surface area contributed by atoms with E-state index in [-0.39, 0.29) is 5.91 Å². The molecule has 0 saturated heterocycles. The van der Waals surface area contributed by atoms with Crippen molar-refractivity contribution in [2.45, 2.75) is 45.2 Å². The first kappa shape index (κ1) is 14.1. The normalized spacial score (nSPS) is 16.3. The number of aromatic nitrogens is 1. The third-order valence-electron chi connectivity index (χ3n) is 3.75. The van der Waals surface area contributed by atoms with Gasteiger partial charge in [-0.3, -0.25) is 4.79 Å². The van der Waals surface area contributed by atoms with Crippen LogP contribution in [-0.4, -0.2) is 24.1 Å². The number of aryl methyl sites for hydroxylation is 1. The predicted octanol–water partition coefficient (Wildman–Crippen LogP) is 2.07. The molecule has 0 bridgehead atoms. The Morgan fingerprint density at radius 2 is 2.32 bits per heavy atom. The molecule has 0 aromatic carbocycles. The van der Waals surface area contributed by atoms with Gasteiger partial charge in [0.15, 0.2) is 0 Å². The lowest BCUT2D eigenvalue weighted by Crippen LogP contribution is -2.22. The van der Waals surface area contributed by atoms with Crippen molar-refractivity contribution >= 4 is 5.91 Å². The van der Waals surface area contributed by atoms with E-state index in [1.165, 1.54) is 18.4 Å². The first-order valence-corrected chi connectivity index (χ1v) is 7.34. The fourth-order valence-electron chi connectivity index (χ4n) is 2.54. The molecule has 106 valence electrons. The van der Waals surface area contributed by atoms with Crippen molar-refractivity contribution in [3.63, 3.8) is 0 Å². The third-order valence-corrected chi connectivity index (χ3v) is 3.75. The highest BCUT2D eigenvalue weighted by molar-refractivity contribution is 5.75. The average Bonchev–Trinajstić information content (AvgIpc) is 3.15. The number of carbonyl (C=O) groups is 1. The van der Waals surface area contributed by atoms with Crippen molar-refractivity contribution in [2.24, 2.45) is 5.92 Å². The van der Waals surface area contributed by atoms with Gasteiger partial charge in [0.25, 0.3) is 0 Å². The summed E-state index contributed by atoms with van der Waals surface area (Å²) in [5.41, 5.74) is 1.39. The number of amides is 1. The van der Waals surface area contributed by atoms with E-state index in [9.17, 15) is 4.79 Å². The van der Waals surface area contributed by atoms with Crippen LogP contribution in [0.5, 0.6) is 0 Å². The van der Waals surface area contributed by atoms with E-state index in [0.29, 0.717) is 12.5 Å². The predicted molar refractivity (Wildman–Crippen MR) is 76.9 cm³/mol. The summed E-state index contributed by atoms with van der Waals surface area (Å²) < 4.78 is 2.20. The Morgan fingerprint density at radius 3 is 2.95 bits per heavy atom. The summed E-state index contributed by atoms with van der Waals surface area (Å²) in [4.78, 5) is 11.2. The fourth-order valence-corrected chi connectivity index (χ4v) is 2.54. The van der Waals surface area contributed by atoms with Crippen LogP contribution in [0.4, 0.5) is 0 Å². The van der Waals surface area contributed by atoms with Gasteiger partial charge >= 0.3 is 0 Å². The lowest BCUT2D eigenvalue weighted by atomic mass is 10.1. The second kappa shape index (κ2) is 6.75. The van der Waals surface area contributed by atoms with Crippen LogP contribution < -0.4 is 10.6 Å². The minimum Gasteiger partial charge on any atom is -0.359 e. The third kappa shape index (κ3) is 4.10. The van der Waals surface area contributed by atoms with Crippen LogP contribution in [0.25, 0.3) is 0 Å². The molecule has 1 aliphatic carbocycles. The number of hydrogen-bond donors (Lipinski definition) is 2. The zero-order valence-corrected chi connectivity index (χ0v) is 12.0. The zero-order valence-electron chi connectivity index (χ0n) is 12.0. The molecule has 2 N–H and O–H groups in total. The van der Waals surface area contributed by atoms with E-state index in [1.54, 1.807) is 7.05 Å². The van der Waals surface area contributed by atoms with Crippen LogP contribution in [-0.2, 0) is 11.3 Å². The Morgan fingerprint density at radius 1 is 1.53 bits per heavy atom. The maximum absolute atomic E-state index is 11.2. The van der Waals surface area contributed by atoms with Gasteiger partial charge < -0.3 is 15.2 Å². The van der Waals surface area contributed by atoms with Crippen LogP contribution in [0.3, 0.4) is 0 Å². The monoisotopic (exact) mass is 263 g/mol. The molecule has 4 heteroatoms. The molecule has 1 aromatic rings. The molecule has 1 amide bonds.